The Morgan fingerprint density at radius 1 is 1.45 bits per heavy atom. The van der Waals surface area contributed by atoms with Crippen LogP contribution in [0.25, 0.3) is 0 Å². The van der Waals surface area contributed by atoms with Crippen LogP contribution >= 0.6 is 11.6 Å². The number of hydrogen-bond acceptors (Lipinski definition) is 0. The van der Waals surface area contributed by atoms with Crippen molar-refractivity contribution in [1.29, 1.82) is 0 Å². The molecule has 0 fully saturated rings. The summed E-state index contributed by atoms with van der Waals surface area (Å²) in [5.41, 5.74) is 6.59. The molecule has 0 nitrogen and oxygen atoms in total. The van der Waals surface area contributed by atoms with Crippen LogP contribution in [0.4, 0.5) is 4.39 Å². The molecule has 64 valence electrons. The number of alkyl halides is 2. The first-order valence-electron chi connectivity index (χ1n) is 3.64. The molecule has 0 radical (unpaired) electrons. The fraction of sp³-hybridized carbons (Fsp3) is 0.714. The van der Waals surface area contributed by atoms with Crippen LogP contribution in [0, 0.1) is 11.1 Å². The smallest absolute Gasteiger partial charge is 0.170 e. The van der Waals surface area contributed by atoms with E-state index in [1.165, 1.54) is 0 Å². The molecule has 0 aliphatic rings. The highest BCUT2D eigenvalue weighted by Crippen LogP contribution is 1.97. The van der Waals surface area contributed by atoms with E-state index in [-0.39, 0.29) is 6.30 Å². The average Bonchev–Trinajstić information content (AvgIpc) is 1.88. The Kier molecular flexibility index (Phi) is 5.06. The SMILES string of the molecule is C[Si](C)(C)C#C[SiH](CF)CCl. The van der Waals surface area contributed by atoms with Gasteiger partial charge >= 0.3 is 0 Å². The monoisotopic (exact) mass is 208 g/mol. The lowest BCUT2D eigenvalue weighted by Crippen LogP contribution is -2.21. The third kappa shape index (κ3) is 6.61. The van der Waals surface area contributed by atoms with Gasteiger partial charge in [0.1, 0.15) is 8.07 Å². The largest absolute Gasteiger partial charge is 0.254 e. The highest BCUT2D eigenvalue weighted by atomic mass is 35.5. The molecule has 11 heavy (non-hydrogen) atoms. The lowest BCUT2D eigenvalue weighted by Gasteiger charge is -2.04. The topological polar surface area (TPSA) is 0 Å². The Labute approximate surface area is 75.8 Å². The number of rotatable bonds is 2. The summed E-state index contributed by atoms with van der Waals surface area (Å²) in [5, 5.41) is 0. The summed E-state index contributed by atoms with van der Waals surface area (Å²) in [5.74, 6) is 0. The van der Waals surface area contributed by atoms with Crippen molar-refractivity contribution >= 4 is 28.5 Å². The van der Waals surface area contributed by atoms with E-state index < -0.39 is 16.9 Å². The Balaban J connectivity index is 4.04. The van der Waals surface area contributed by atoms with Crippen molar-refractivity contribution in [2.75, 3.05) is 11.8 Å². The van der Waals surface area contributed by atoms with Crippen LogP contribution in [0.2, 0.25) is 19.6 Å². The normalized spacial score (nSPS) is 13.5. The Morgan fingerprint density at radius 3 is 2.27 bits per heavy atom. The average molecular weight is 209 g/mol. The zero-order valence-electron chi connectivity index (χ0n) is 7.25. The zero-order chi connectivity index (χ0) is 8.91. The first kappa shape index (κ1) is 11.2. The molecule has 0 aliphatic carbocycles. The molecule has 0 amide bonds. The zero-order valence-corrected chi connectivity index (χ0v) is 10.2. The van der Waals surface area contributed by atoms with Gasteiger partial charge in [-0.1, -0.05) is 19.6 Å². The Hall–Kier alpha value is 0.214. The molecule has 0 aromatic carbocycles. The van der Waals surface area contributed by atoms with Gasteiger partial charge in [-0.15, -0.1) is 22.7 Å². The summed E-state index contributed by atoms with van der Waals surface area (Å²) < 4.78 is 12.1. The first-order valence-corrected chi connectivity index (χ1v) is 9.88. The summed E-state index contributed by atoms with van der Waals surface area (Å²) in [6.45, 7) is 6.45. The van der Waals surface area contributed by atoms with Gasteiger partial charge < -0.3 is 0 Å². The molecule has 0 N–H and O–H groups in total. The van der Waals surface area contributed by atoms with Crippen molar-refractivity contribution in [3.63, 3.8) is 0 Å². The van der Waals surface area contributed by atoms with E-state index >= 15 is 0 Å². The van der Waals surface area contributed by atoms with E-state index in [2.05, 4.69) is 30.7 Å². The molecular formula is C7H14ClFSi2. The molecule has 0 aromatic rings. The lowest BCUT2D eigenvalue weighted by atomic mass is 11.4. The van der Waals surface area contributed by atoms with Gasteiger partial charge in [-0.3, -0.25) is 4.39 Å². The van der Waals surface area contributed by atoms with Crippen LogP contribution in [0.15, 0.2) is 0 Å². The molecule has 0 bridgehead atoms. The molecule has 0 saturated carbocycles. The van der Waals surface area contributed by atoms with Crippen LogP contribution in [0.3, 0.4) is 0 Å². The third-order valence-electron chi connectivity index (χ3n) is 1.02. The highest BCUT2D eigenvalue weighted by molar-refractivity contribution is 6.86. The molecule has 0 saturated heterocycles. The Morgan fingerprint density at radius 2 is 2.00 bits per heavy atom. The van der Waals surface area contributed by atoms with E-state index in [0.29, 0.717) is 5.50 Å². The molecule has 0 heterocycles. The molecule has 0 aromatic heterocycles. The van der Waals surface area contributed by atoms with Crippen molar-refractivity contribution < 1.29 is 4.39 Å². The third-order valence-corrected chi connectivity index (χ3v) is 4.62. The minimum Gasteiger partial charge on any atom is -0.254 e. The van der Waals surface area contributed by atoms with E-state index in [0.717, 1.165) is 0 Å². The van der Waals surface area contributed by atoms with Gasteiger partial charge in [0, 0.05) is 5.50 Å². The van der Waals surface area contributed by atoms with Crippen molar-refractivity contribution in [2.24, 2.45) is 0 Å². The van der Waals surface area contributed by atoms with Gasteiger partial charge in [0.25, 0.3) is 0 Å². The standard InChI is InChI=1S/C7H14ClFSi2/c1-11(2,3)5-4-10(6-8)7-9/h10H,6-7H2,1-3H3. The molecule has 1 unspecified atom stereocenters. The van der Waals surface area contributed by atoms with Crippen molar-refractivity contribution in [3.05, 3.63) is 0 Å². The van der Waals surface area contributed by atoms with E-state index in [1.54, 1.807) is 0 Å². The second-order valence-electron chi connectivity index (χ2n) is 3.52. The Bertz CT molecular complexity index is 162. The maximum atomic E-state index is 12.1. The minimum atomic E-state index is -1.52. The highest BCUT2D eigenvalue weighted by Gasteiger charge is 2.10. The summed E-state index contributed by atoms with van der Waals surface area (Å²) >= 11 is 5.53. The summed E-state index contributed by atoms with van der Waals surface area (Å²) in [6, 6.07) is 0. The van der Waals surface area contributed by atoms with E-state index in [4.69, 9.17) is 11.6 Å². The quantitative estimate of drug-likeness (QED) is 0.370. The lowest BCUT2D eigenvalue weighted by molar-refractivity contribution is 0.591. The summed E-state index contributed by atoms with van der Waals surface area (Å²) in [7, 11) is -2.82. The number of halogens is 2. The molecule has 0 spiro atoms. The minimum absolute atomic E-state index is 0.291. The van der Waals surface area contributed by atoms with Crippen molar-refractivity contribution in [3.8, 4) is 11.1 Å². The van der Waals surface area contributed by atoms with Crippen molar-refractivity contribution in [1.82, 2.24) is 0 Å². The number of hydrogen-bond donors (Lipinski definition) is 0. The van der Waals surface area contributed by atoms with Gasteiger partial charge in [0.2, 0.25) is 0 Å². The second kappa shape index (κ2) is 4.97. The van der Waals surface area contributed by atoms with Crippen LogP contribution < -0.4 is 0 Å². The van der Waals surface area contributed by atoms with Gasteiger partial charge in [-0.25, -0.2) is 0 Å². The fourth-order valence-corrected chi connectivity index (χ4v) is 3.70. The predicted molar refractivity (Wildman–Crippen MR) is 55.0 cm³/mol. The maximum Gasteiger partial charge on any atom is 0.170 e. The fourth-order valence-electron chi connectivity index (χ4n) is 0.437. The van der Waals surface area contributed by atoms with Gasteiger partial charge in [-0.2, -0.15) is 0 Å². The van der Waals surface area contributed by atoms with Crippen molar-refractivity contribution in [2.45, 2.75) is 19.6 Å². The predicted octanol–water partition coefficient (Wildman–Crippen LogP) is 1.92. The maximum absolute atomic E-state index is 12.1. The first-order chi connectivity index (χ1) is 4.99. The molecule has 1 atom stereocenters. The molecule has 0 rings (SSSR count). The van der Waals surface area contributed by atoms with Gasteiger partial charge in [0.15, 0.2) is 8.80 Å². The van der Waals surface area contributed by atoms with E-state index in [1.807, 2.05) is 0 Å². The molecule has 4 heteroatoms. The summed E-state index contributed by atoms with van der Waals surface area (Å²) in [6.07, 6.45) is -0.291. The second-order valence-corrected chi connectivity index (χ2v) is 11.5. The van der Waals surface area contributed by atoms with Gasteiger partial charge in [-0.05, 0) is 0 Å². The van der Waals surface area contributed by atoms with Crippen LogP contribution in [0.5, 0.6) is 0 Å². The van der Waals surface area contributed by atoms with Crippen LogP contribution in [-0.4, -0.2) is 28.7 Å². The molecular weight excluding hydrogens is 195 g/mol. The van der Waals surface area contributed by atoms with Crippen LogP contribution in [-0.2, 0) is 0 Å². The van der Waals surface area contributed by atoms with Crippen LogP contribution in [0.1, 0.15) is 0 Å². The molecule has 0 aliphatic heterocycles. The summed E-state index contributed by atoms with van der Waals surface area (Å²) in [4.78, 5) is 0. The van der Waals surface area contributed by atoms with E-state index in [9.17, 15) is 4.39 Å². The van der Waals surface area contributed by atoms with Gasteiger partial charge in [0.05, 0.1) is 6.30 Å².